The number of nitrogens with zero attached hydrogens (tertiary/aromatic N) is 1. The average molecular weight is 389 g/mol. The van der Waals surface area contributed by atoms with Gasteiger partial charge in [0.25, 0.3) is 0 Å². The van der Waals surface area contributed by atoms with Gasteiger partial charge in [0.1, 0.15) is 0 Å². The number of hydrogen-bond donors (Lipinski definition) is 1. The third kappa shape index (κ3) is 6.81. The summed E-state index contributed by atoms with van der Waals surface area (Å²) < 4.78 is 25.5. The molecule has 2 aromatic rings. The van der Waals surface area contributed by atoms with Crippen LogP contribution >= 0.6 is 0 Å². The van der Waals surface area contributed by atoms with Crippen LogP contribution in [-0.2, 0) is 21.2 Å². The van der Waals surface area contributed by atoms with E-state index in [-0.39, 0.29) is 18.9 Å². The van der Waals surface area contributed by atoms with Gasteiger partial charge in [-0.2, -0.15) is 0 Å². The van der Waals surface area contributed by atoms with Crippen molar-refractivity contribution in [2.75, 3.05) is 24.7 Å². The van der Waals surface area contributed by atoms with E-state index in [0.29, 0.717) is 6.54 Å². The van der Waals surface area contributed by atoms with Gasteiger partial charge in [-0.25, -0.2) is 12.7 Å². The first kappa shape index (κ1) is 21.1. The van der Waals surface area contributed by atoms with Crippen LogP contribution in [-0.4, -0.2) is 38.0 Å². The number of carbonyl (C=O) groups is 1. The zero-order chi connectivity index (χ0) is 19.9. The van der Waals surface area contributed by atoms with E-state index in [1.807, 2.05) is 62.4 Å². The Kier molecular flexibility index (Phi) is 7.56. The maximum Gasteiger partial charge on any atom is 0.225 e. The van der Waals surface area contributed by atoms with E-state index in [0.717, 1.165) is 29.7 Å². The molecule has 0 spiro atoms. The van der Waals surface area contributed by atoms with Crippen LogP contribution in [0.1, 0.15) is 29.5 Å². The van der Waals surface area contributed by atoms with E-state index in [1.54, 1.807) is 0 Å². The zero-order valence-corrected chi connectivity index (χ0v) is 17.1. The topological polar surface area (TPSA) is 66.5 Å². The molecule has 0 fully saturated rings. The lowest BCUT2D eigenvalue weighted by Gasteiger charge is -2.20. The Balaban J connectivity index is 1.88. The van der Waals surface area contributed by atoms with Gasteiger partial charge in [0.05, 0.1) is 6.26 Å². The largest absolute Gasteiger partial charge is 0.326 e. The Labute approximate surface area is 162 Å². The molecule has 1 N–H and O–H groups in total. The summed E-state index contributed by atoms with van der Waals surface area (Å²) in [7, 11) is -3.35. The van der Waals surface area contributed by atoms with Gasteiger partial charge in [-0.15, -0.1) is 0 Å². The number of carbonyl (C=O) groups excluding carboxylic acids is 1. The fourth-order valence-electron chi connectivity index (χ4n) is 2.87. The molecule has 0 radical (unpaired) electrons. The summed E-state index contributed by atoms with van der Waals surface area (Å²) in [5.74, 6) is -0.180. The van der Waals surface area contributed by atoms with E-state index in [1.165, 1.54) is 16.1 Å². The summed E-state index contributed by atoms with van der Waals surface area (Å²) in [6, 6.07) is 15.7. The minimum Gasteiger partial charge on any atom is -0.326 e. The molecule has 0 atom stereocenters. The van der Waals surface area contributed by atoms with E-state index in [4.69, 9.17) is 0 Å². The highest BCUT2D eigenvalue weighted by Crippen LogP contribution is 2.18. The predicted molar refractivity (Wildman–Crippen MR) is 110 cm³/mol. The summed E-state index contributed by atoms with van der Waals surface area (Å²) >= 11 is 0. The molecule has 2 rings (SSSR count). The Bertz CT molecular complexity index is 864. The minimum absolute atomic E-state index is 0.131. The predicted octanol–water partition coefficient (Wildman–Crippen LogP) is 3.53. The lowest BCUT2D eigenvalue weighted by Crippen LogP contribution is -2.34. The van der Waals surface area contributed by atoms with Crippen molar-refractivity contribution in [3.05, 3.63) is 65.2 Å². The Hall–Kier alpha value is -2.18. The number of sulfonamides is 1. The molecule has 2 aromatic carbocycles. The molecule has 27 heavy (non-hydrogen) atoms. The van der Waals surface area contributed by atoms with Crippen molar-refractivity contribution in [2.45, 2.75) is 33.1 Å². The molecule has 0 bridgehead atoms. The monoisotopic (exact) mass is 388 g/mol. The summed E-state index contributed by atoms with van der Waals surface area (Å²) in [6.45, 7) is 4.54. The minimum atomic E-state index is -3.35. The fraction of sp³-hybridized carbons (Fsp3) is 0.381. The summed E-state index contributed by atoms with van der Waals surface area (Å²) in [6.07, 6.45) is 2.85. The molecule has 0 saturated carbocycles. The Morgan fingerprint density at radius 1 is 1.00 bits per heavy atom. The Morgan fingerprint density at radius 2 is 1.70 bits per heavy atom. The molecule has 1 amide bonds. The second-order valence-corrected chi connectivity index (χ2v) is 8.78. The van der Waals surface area contributed by atoms with Gasteiger partial charge in [0.15, 0.2) is 0 Å². The molecule has 0 aliphatic heterocycles. The number of benzene rings is 2. The van der Waals surface area contributed by atoms with Crippen LogP contribution in [0.5, 0.6) is 0 Å². The Morgan fingerprint density at radius 3 is 2.37 bits per heavy atom. The molecule has 0 heterocycles. The molecule has 0 aliphatic carbocycles. The van der Waals surface area contributed by atoms with Crippen LogP contribution in [0.25, 0.3) is 0 Å². The molecule has 0 aliphatic rings. The van der Waals surface area contributed by atoms with Crippen molar-refractivity contribution >= 4 is 21.6 Å². The quantitative estimate of drug-likeness (QED) is 0.715. The van der Waals surface area contributed by atoms with Gasteiger partial charge < -0.3 is 5.32 Å². The lowest BCUT2D eigenvalue weighted by atomic mass is 10.1. The second kappa shape index (κ2) is 9.67. The van der Waals surface area contributed by atoms with Crippen LogP contribution in [0.4, 0.5) is 5.69 Å². The van der Waals surface area contributed by atoms with Crippen molar-refractivity contribution in [3.8, 4) is 0 Å². The number of anilines is 1. The number of rotatable bonds is 9. The van der Waals surface area contributed by atoms with Crippen LogP contribution in [0.15, 0.2) is 48.5 Å². The van der Waals surface area contributed by atoms with Gasteiger partial charge in [-0.3, -0.25) is 4.79 Å². The van der Waals surface area contributed by atoms with Gasteiger partial charge in [-0.05, 0) is 49.4 Å². The molecule has 0 saturated heterocycles. The molecule has 6 heteroatoms. The number of aryl methyl sites for hydroxylation is 2. The SMILES string of the molecule is Cc1cccc(NC(=O)CCN(CCCc2ccccc2)S(C)(=O)=O)c1C. The summed E-state index contributed by atoms with van der Waals surface area (Å²) in [4.78, 5) is 12.3. The molecular formula is C21H28N2O3S. The standard InChI is InChI=1S/C21H28N2O3S/c1-17-9-7-13-20(18(17)2)22-21(24)14-16-23(27(3,25)26)15-8-12-19-10-5-4-6-11-19/h4-7,9-11,13H,8,12,14-16H2,1-3H3,(H,22,24). The molecule has 0 unspecified atom stereocenters. The summed E-state index contributed by atoms with van der Waals surface area (Å²) in [5.41, 5.74) is 4.08. The smallest absolute Gasteiger partial charge is 0.225 e. The third-order valence-electron chi connectivity index (χ3n) is 4.65. The van der Waals surface area contributed by atoms with Crippen molar-refractivity contribution in [2.24, 2.45) is 0 Å². The van der Waals surface area contributed by atoms with Gasteiger partial charge in [0.2, 0.25) is 15.9 Å². The first-order valence-corrected chi connectivity index (χ1v) is 11.0. The molecule has 0 aromatic heterocycles. The van der Waals surface area contributed by atoms with Crippen molar-refractivity contribution < 1.29 is 13.2 Å². The van der Waals surface area contributed by atoms with E-state index in [2.05, 4.69) is 5.32 Å². The van der Waals surface area contributed by atoms with Gasteiger partial charge in [-0.1, -0.05) is 42.5 Å². The number of hydrogen-bond acceptors (Lipinski definition) is 3. The van der Waals surface area contributed by atoms with Crippen LogP contribution in [0.3, 0.4) is 0 Å². The maximum atomic E-state index is 12.3. The van der Waals surface area contributed by atoms with Crippen LogP contribution in [0, 0.1) is 13.8 Å². The second-order valence-electron chi connectivity index (χ2n) is 6.80. The zero-order valence-electron chi connectivity index (χ0n) is 16.2. The van der Waals surface area contributed by atoms with Crippen molar-refractivity contribution in [1.29, 1.82) is 0 Å². The molecule has 5 nitrogen and oxygen atoms in total. The van der Waals surface area contributed by atoms with E-state index in [9.17, 15) is 13.2 Å². The lowest BCUT2D eigenvalue weighted by molar-refractivity contribution is -0.116. The molecular weight excluding hydrogens is 360 g/mol. The highest BCUT2D eigenvalue weighted by Gasteiger charge is 2.18. The van der Waals surface area contributed by atoms with E-state index >= 15 is 0 Å². The van der Waals surface area contributed by atoms with Gasteiger partial charge >= 0.3 is 0 Å². The maximum absolute atomic E-state index is 12.3. The van der Waals surface area contributed by atoms with Crippen molar-refractivity contribution in [1.82, 2.24) is 4.31 Å². The number of nitrogens with one attached hydrogen (secondary N) is 1. The van der Waals surface area contributed by atoms with Crippen molar-refractivity contribution in [3.63, 3.8) is 0 Å². The third-order valence-corrected chi connectivity index (χ3v) is 5.95. The highest BCUT2D eigenvalue weighted by molar-refractivity contribution is 7.88. The van der Waals surface area contributed by atoms with Gasteiger partial charge in [0, 0.05) is 25.2 Å². The number of amides is 1. The van der Waals surface area contributed by atoms with E-state index < -0.39 is 10.0 Å². The summed E-state index contributed by atoms with van der Waals surface area (Å²) in [5, 5.41) is 2.88. The fourth-order valence-corrected chi connectivity index (χ4v) is 3.76. The average Bonchev–Trinajstić information content (AvgIpc) is 2.61. The normalized spacial score (nSPS) is 11.6. The highest BCUT2D eigenvalue weighted by atomic mass is 32.2. The van der Waals surface area contributed by atoms with Crippen LogP contribution in [0.2, 0.25) is 0 Å². The first-order valence-electron chi connectivity index (χ1n) is 9.12. The molecule has 146 valence electrons. The van der Waals surface area contributed by atoms with Crippen LogP contribution < -0.4 is 5.32 Å². The first-order chi connectivity index (χ1) is 12.8.